The number of rotatable bonds is 5. The number of esters is 1. The van der Waals surface area contributed by atoms with E-state index in [4.69, 9.17) is 5.73 Å². The first-order chi connectivity index (χ1) is 8.47. The molecule has 9 heteroatoms. The Hall–Kier alpha value is -2.55. The predicted molar refractivity (Wildman–Crippen MR) is 58.6 cm³/mol. The van der Waals surface area contributed by atoms with Gasteiger partial charge < -0.3 is 10.5 Å². The third-order valence-electron chi connectivity index (χ3n) is 2.06. The van der Waals surface area contributed by atoms with Gasteiger partial charge in [-0.3, -0.25) is 25.0 Å². The lowest BCUT2D eigenvalue weighted by molar-refractivity contribution is -0.396. The van der Waals surface area contributed by atoms with Crippen molar-refractivity contribution in [3.63, 3.8) is 0 Å². The van der Waals surface area contributed by atoms with E-state index in [1.165, 1.54) is 6.07 Å². The normalized spacial score (nSPS) is 9.83. The standard InChI is InChI=1S/C9H9N3O6/c10-4-9(13)18-5-6-7(11(14)15)2-1-3-8(6)12(16)17/h1-3H,4-5,10H2. The molecule has 1 aromatic carbocycles. The van der Waals surface area contributed by atoms with Crippen LogP contribution in [0.4, 0.5) is 11.4 Å². The van der Waals surface area contributed by atoms with E-state index in [1.807, 2.05) is 0 Å². The van der Waals surface area contributed by atoms with Gasteiger partial charge in [0.1, 0.15) is 12.2 Å². The molecule has 1 aromatic rings. The predicted octanol–water partition coefficient (Wildman–Crippen LogP) is 0.505. The molecular weight excluding hydrogens is 246 g/mol. The van der Waals surface area contributed by atoms with E-state index in [2.05, 4.69) is 4.74 Å². The van der Waals surface area contributed by atoms with Gasteiger partial charge in [0.2, 0.25) is 0 Å². The monoisotopic (exact) mass is 255 g/mol. The highest BCUT2D eigenvalue weighted by atomic mass is 16.6. The zero-order valence-electron chi connectivity index (χ0n) is 9.07. The molecule has 0 aliphatic carbocycles. The van der Waals surface area contributed by atoms with Gasteiger partial charge in [-0.05, 0) is 6.07 Å². The first-order valence-electron chi connectivity index (χ1n) is 4.73. The van der Waals surface area contributed by atoms with E-state index >= 15 is 0 Å². The van der Waals surface area contributed by atoms with Crippen molar-refractivity contribution < 1.29 is 19.4 Å². The zero-order chi connectivity index (χ0) is 13.7. The van der Waals surface area contributed by atoms with Gasteiger partial charge in [-0.2, -0.15) is 0 Å². The van der Waals surface area contributed by atoms with Crippen molar-refractivity contribution in [1.82, 2.24) is 0 Å². The summed E-state index contributed by atoms with van der Waals surface area (Å²) >= 11 is 0. The summed E-state index contributed by atoms with van der Waals surface area (Å²) in [6.07, 6.45) is 0. The van der Waals surface area contributed by atoms with Crippen molar-refractivity contribution >= 4 is 17.3 Å². The first kappa shape index (κ1) is 13.5. The van der Waals surface area contributed by atoms with Crippen LogP contribution >= 0.6 is 0 Å². The SMILES string of the molecule is NCC(=O)OCc1c([N+](=O)[O-])cccc1[N+](=O)[O-]. The van der Waals surface area contributed by atoms with Crippen LogP contribution in [0.25, 0.3) is 0 Å². The van der Waals surface area contributed by atoms with Gasteiger partial charge in [0.25, 0.3) is 11.4 Å². The van der Waals surface area contributed by atoms with Gasteiger partial charge in [0, 0.05) is 12.1 Å². The van der Waals surface area contributed by atoms with Crippen molar-refractivity contribution in [2.24, 2.45) is 5.73 Å². The molecule has 0 fully saturated rings. The van der Waals surface area contributed by atoms with E-state index in [-0.39, 0.29) is 5.56 Å². The Morgan fingerprint density at radius 3 is 2.11 bits per heavy atom. The molecule has 0 atom stereocenters. The fourth-order valence-corrected chi connectivity index (χ4v) is 1.26. The van der Waals surface area contributed by atoms with E-state index in [0.29, 0.717) is 0 Å². The van der Waals surface area contributed by atoms with Crippen molar-refractivity contribution in [1.29, 1.82) is 0 Å². The lowest BCUT2D eigenvalue weighted by atomic mass is 10.1. The molecule has 0 radical (unpaired) electrons. The lowest BCUT2D eigenvalue weighted by Gasteiger charge is -2.05. The number of ether oxygens (including phenoxy) is 1. The third kappa shape index (κ3) is 2.98. The van der Waals surface area contributed by atoms with Crippen LogP contribution < -0.4 is 5.73 Å². The molecule has 0 bridgehead atoms. The molecule has 0 aromatic heterocycles. The minimum Gasteiger partial charge on any atom is -0.459 e. The highest BCUT2D eigenvalue weighted by Gasteiger charge is 2.25. The third-order valence-corrected chi connectivity index (χ3v) is 2.06. The zero-order valence-corrected chi connectivity index (χ0v) is 9.07. The van der Waals surface area contributed by atoms with Crippen LogP contribution in [0, 0.1) is 20.2 Å². The maximum Gasteiger partial charge on any atom is 0.320 e. The van der Waals surface area contributed by atoms with E-state index in [9.17, 15) is 25.0 Å². The summed E-state index contributed by atoms with van der Waals surface area (Å²) in [5.74, 6) is -0.803. The summed E-state index contributed by atoms with van der Waals surface area (Å²) in [6.45, 7) is -0.974. The molecule has 2 N–H and O–H groups in total. The van der Waals surface area contributed by atoms with E-state index < -0.39 is 40.3 Å². The fourth-order valence-electron chi connectivity index (χ4n) is 1.26. The molecule has 0 saturated carbocycles. The highest BCUT2D eigenvalue weighted by molar-refractivity contribution is 5.71. The Balaban J connectivity index is 3.15. The summed E-state index contributed by atoms with van der Waals surface area (Å²) in [5, 5.41) is 21.5. The Bertz CT molecular complexity index is 469. The molecule has 0 heterocycles. The Morgan fingerprint density at radius 2 is 1.72 bits per heavy atom. The van der Waals surface area contributed by atoms with Crippen LogP contribution in [0.1, 0.15) is 5.56 Å². The van der Waals surface area contributed by atoms with Crippen LogP contribution in [0.5, 0.6) is 0 Å². The summed E-state index contributed by atoms with van der Waals surface area (Å²) in [7, 11) is 0. The van der Waals surface area contributed by atoms with Crippen LogP contribution in [-0.2, 0) is 16.1 Å². The van der Waals surface area contributed by atoms with Gasteiger partial charge >= 0.3 is 5.97 Å². The maximum absolute atomic E-state index is 10.9. The largest absolute Gasteiger partial charge is 0.459 e. The fraction of sp³-hybridized carbons (Fsp3) is 0.222. The van der Waals surface area contributed by atoms with Crippen molar-refractivity contribution in [2.75, 3.05) is 6.54 Å². The molecule has 0 aliphatic rings. The molecule has 9 nitrogen and oxygen atoms in total. The molecule has 0 saturated heterocycles. The van der Waals surface area contributed by atoms with Gasteiger partial charge in [-0.25, -0.2) is 0 Å². The van der Waals surface area contributed by atoms with Gasteiger partial charge in [0.15, 0.2) is 0 Å². The second-order valence-corrected chi connectivity index (χ2v) is 3.15. The number of hydrogen-bond acceptors (Lipinski definition) is 7. The Labute approximate surface area is 100 Å². The van der Waals surface area contributed by atoms with Crippen LogP contribution in [0.2, 0.25) is 0 Å². The molecule has 0 unspecified atom stereocenters. The molecule has 96 valence electrons. The number of nitrogens with two attached hydrogens (primary N) is 1. The van der Waals surface area contributed by atoms with Crippen molar-refractivity contribution in [3.05, 3.63) is 44.0 Å². The summed E-state index contributed by atoms with van der Waals surface area (Å²) in [6, 6.07) is 3.38. The van der Waals surface area contributed by atoms with Gasteiger partial charge in [-0.15, -0.1) is 0 Å². The maximum atomic E-state index is 10.9. The van der Waals surface area contributed by atoms with E-state index in [0.717, 1.165) is 12.1 Å². The number of nitro groups is 2. The number of nitrogens with zero attached hydrogens (tertiary/aromatic N) is 2. The molecule has 0 spiro atoms. The summed E-state index contributed by atoms with van der Waals surface area (Å²) < 4.78 is 4.59. The number of hydrogen-bond donors (Lipinski definition) is 1. The minimum absolute atomic E-state index is 0.269. The Morgan fingerprint density at radius 1 is 1.22 bits per heavy atom. The average molecular weight is 255 g/mol. The number of benzene rings is 1. The topological polar surface area (TPSA) is 139 Å². The molecule has 18 heavy (non-hydrogen) atoms. The first-order valence-corrected chi connectivity index (χ1v) is 4.73. The second-order valence-electron chi connectivity index (χ2n) is 3.15. The lowest BCUT2D eigenvalue weighted by Crippen LogP contribution is -2.17. The van der Waals surface area contributed by atoms with E-state index in [1.54, 1.807) is 0 Å². The molecular formula is C9H9N3O6. The van der Waals surface area contributed by atoms with Crippen molar-refractivity contribution in [2.45, 2.75) is 6.61 Å². The summed E-state index contributed by atoms with van der Waals surface area (Å²) in [4.78, 5) is 30.8. The molecule has 0 aliphatic heterocycles. The van der Waals surface area contributed by atoms with Crippen LogP contribution in [0.15, 0.2) is 18.2 Å². The second kappa shape index (κ2) is 5.68. The minimum atomic E-state index is -0.803. The summed E-state index contributed by atoms with van der Waals surface area (Å²) in [5.41, 5.74) is 3.76. The quantitative estimate of drug-likeness (QED) is 0.459. The van der Waals surface area contributed by atoms with Crippen LogP contribution in [0.3, 0.4) is 0 Å². The molecule has 1 rings (SSSR count). The number of carbonyl (C=O) groups is 1. The molecule has 0 amide bonds. The smallest absolute Gasteiger partial charge is 0.320 e. The van der Waals surface area contributed by atoms with Gasteiger partial charge in [0.05, 0.1) is 16.4 Å². The number of carbonyl (C=O) groups excluding carboxylic acids is 1. The van der Waals surface area contributed by atoms with Crippen molar-refractivity contribution in [3.8, 4) is 0 Å². The Kier molecular flexibility index (Phi) is 4.27. The average Bonchev–Trinajstić information content (AvgIpc) is 2.34. The number of nitro benzene ring substituents is 2. The highest BCUT2D eigenvalue weighted by Crippen LogP contribution is 2.28. The van der Waals surface area contributed by atoms with Crippen LogP contribution in [-0.4, -0.2) is 22.4 Å². The van der Waals surface area contributed by atoms with Gasteiger partial charge in [-0.1, -0.05) is 0 Å².